The van der Waals surface area contributed by atoms with Crippen molar-refractivity contribution in [3.8, 4) is 6.07 Å². The number of likely N-dealkylation sites (N-methyl/N-ethyl adjacent to an activating group) is 1. The summed E-state index contributed by atoms with van der Waals surface area (Å²) in [5, 5.41) is 12.6. The number of hydrogen-bond donors (Lipinski definition) is 1. The second kappa shape index (κ2) is 10.3. The smallest absolute Gasteiger partial charge is 0.105 e. The molecular weight excluding hydrogens is 226 g/mol. The molecule has 0 aliphatic rings. The molecule has 106 valence electrons. The van der Waals surface area contributed by atoms with E-state index in [-0.39, 0.29) is 0 Å². The summed E-state index contributed by atoms with van der Waals surface area (Å²) in [4.78, 5) is 2.33. The van der Waals surface area contributed by atoms with E-state index in [9.17, 15) is 5.26 Å². The van der Waals surface area contributed by atoms with Crippen molar-refractivity contribution >= 4 is 0 Å². The van der Waals surface area contributed by atoms with Crippen LogP contribution in [0, 0.1) is 11.3 Å². The van der Waals surface area contributed by atoms with Gasteiger partial charge in [-0.25, -0.2) is 0 Å². The van der Waals surface area contributed by atoms with E-state index in [2.05, 4.69) is 30.1 Å². The van der Waals surface area contributed by atoms with Gasteiger partial charge >= 0.3 is 0 Å². The normalized spacial score (nSPS) is 14.4. The first-order valence-corrected chi connectivity index (χ1v) is 7.08. The van der Waals surface area contributed by atoms with Gasteiger partial charge in [0.2, 0.25) is 0 Å². The number of hydrogen-bond acceptors (Lipinski definition) is 4. The highest BCUT2D eigenvalue weighted by molar-refractivity contribution is 5.03. The number of nitriles is 1. The molecule has 1 N–H and O–H groups in total. The van der Waals surface area contributed by atoms with Gasteiger partial charge in [0.15, 0.2) is 0 Å². The fourth-order valence-corrected chi connectivity index (χ4v) is 1.73. The maximum atomic E-state index is 9.26. The van der Waals surface area contributed by atoms with Crippen molar-refractivity contribution in [3.05, 3.63) is 0 Å². The quantitative estimate of drug-likeness (QED) is 0.574. The second-order valence-corrected chi connectivity index (χ2v) is 4.75. The molecule has 0 aromatic carbocycles. The minimum Gasteiger partial charge on any atom is -0.380 e. The van der Waals surface area contributed by atoms with E-state index < -0.39 is 5.54 Å². The molecule has 0 saturated heterocycles. The van der Waals surface area contributed by atoms with Gasteiger partial charge in [0, 0.05) is 19.7 Å². The van der Waals surface area contributed by atoms with E-state index in [4.69, 9.17) is 4.74 Å². The molecule has 0 bridgehead atoms. The van der Waals surface area contributed by atoms with E-state index >= 15 is 0 Å². The first-order chi connectivity index (χ1) is 8.61. The van der Waals surface area contributed by atoms with Crippen LogP contribution in [0.1, 0.15) is 40.5 Å². The van der Waals surface area contributed by atoms with Gasteiger partial charge in [-0.15, -0.1) is 0 Å². The molecule has 0 fully saturated rings. The second-order valence-electron chi connectivity index (χ2n) is 4.75. The highest BCUT2D eigenvalue weighted by atomic mass is 16.5. The lowest BCUT2D eigenvalue weighted by Gasteiger charge is -2.27. The lowest BCUT2D eigenvalue weighted by Crippen LogP contribution is -2.44. The summed E-state index contributed by atoms with van der Waals surface area (Å²) in [6.07, 6.45) is 1.91. The fraction of sp³-hybridized carbons (Fsp3) is 0.929. The monoisotopic (exact) mass is 255 g/mol. The van der Waals surface area contributed by atoms with Crippen LogP contribution in [-0.4, -0.2) is 49.8 Å². The lowest BCUT2D eigenvalue weighted by molar-refractivity contribution is 0.112. The van der Waals surface area contributed by atoms with Crippen LogP contribution in [0.3, 0.4) is 0 Å². The summed E-state index contributed by atoms with van der Waals surface area (Å²) >= 11 is 0. The minimum atomic E-state index is -0.408. The van der Waals surface area contributed by atoms with E-state index in [0.717, 1.165) is 52.2 Å². The molecule has 18 heavy (non-hydrogen) atoms. The summed E-state index contributed by atoms with van der Waals surface area (Å²) in [6.45, 7) is 13.6. The van der Waals surface area contributed by atoms with Crippen molar-refractivity contribution in [2.45, 2.75) is 46.1 Å². The van der Waals surface area contributed by atoms with Gasteiger partial charge in [-0.05, 0) is 39.8 Å². The van der Waals surface area contributed by atoms with E-state index in [1.54, 1.807) is 0 Å². The average Bonchev–Trinajstić information content (AvgIpc) is 2.40. The number of nitrogens with one attached hydrogen (secondary N) is 1. The highest BCUT2D eigenvalue weighted by Crippen LogP contribution is 2.09. The maximum absolute atomic E-state index is 9.26. The molecule has 0 aliphatic heterocycles. The highest BCUT2D eigenvalue weighted by Gasteiger charge is 2.23. The van der Waals surface area contributed by atoms with Crippen LogP contribution in [0.15, 0.2) is 0 Å². The van der Waals surface area contributed by atoms with E-state index in [1.165, 1.54) is 0 Å². The maximum Gasteiger partial charge on any atom is 0.105 e. The molecule has 0 rings (SSSR count). The molecule has 0 radical (unpaired) electrons. The van der Waals surface area contributed by atoms with Crippen molar-refractivity contribution in [1.82, 2.24) is 10.2 Å². The summed E-state index contributed by atoms with van der Waals surface area (Å²) in [7, 11) is 0. The number of rotatable bonds is 11. The van der Waals surface area contributed by atoms with Crippen LogP contribution in [0.2, 0.25) is 0 Å². The Morgan fingerprint density at radius 1 is 1.28 bits per heavy atom. The van der Waals surface area contributed by atoms with E-state index in [0.29, 0.717) is 0 Å². The Labute approximate surface area is 112 Å². The first kappa shape index (κ1) is 17.4. The number of nitrogens with zero attached hydrogens (tertiary/aromatic N) is 2. The van der Waals surface area contributed by atoms with Gasteiger partial charge in [0.1, 0.15) is 5.54 Å². The fourth-order valence-electron chi connectivity index (χ4n) is 1.73. The Balaban J connectivity index is 4.03. The third kappa shape index (κ3) is 7.65. The topological polar surface area (TPSA) is 48.3 Å². The molecule has 0 saturated carbocycles. The Bertz CT molecular complexity index is 240. The largest absolute Gasteiger partial charge is 0.380 e. The van der Waals surface area contributed by atoms with Crippen LogP contribution in [0.5, 0.6) is 0 Å². The van der Waals surface area contributed by atoms with Gasteiger partial charge in [-0.2, -0.15) is 5.26 Å². The van der Waals surface area contributed by atoms with Crippen molar-refractivity contribution in [3.63, 3.8) is 0 Å². The van der Waals surface area contributed by atoms with E-state index in [1.807, 2.05) is 13.8 Å². The SMILES string of the molecule is CCCNC(C)(C#N)CCN(CC)CCOCC. The molecule has 1 unspecified atom stereocenters. The Hall–Kier alpha value is -0.630. The van der Waals surface area contributed by atoms with Crippen LogP contribution >= 0.6 is 0 Å². The van der Waals surface area contributed by atoms with Crippen molar-refractivity contribution in [1.29, 1.82) is 5.26 Å². The molecule has 0 amide bonds. The van der Waals surface area contributed by atoms with Crippen molar-refractivity contribution in [2.75, 3.05) is 39.4 Å². The molecule has 4 heteroatoms. The summed E-state index contributed by atoms with van der Waals surface area (Å²) < 4.78 is 5.37. The van der Waals surface area contributed by atoms with Gasteiger partial charge in [0.05, 0.1) is 12.7 Å². The first-order valence-electron chi connectivity index (χ1n) is 7.08. The third-order valence-electron chi connectivity index (χ3n) is 3.14. The molecule has 0 spiro atoms. The lowest BCUT2D eigenvalue weighted by atomic mass is 9.99. The molecule has 0 aromatic heterocycles. The predicted molar refractivity (Wildman–Crippen MR) is 75.5 cm³/mol. The standard InChI is InChI=1S/C14H29N3O/c1-5-9-16-14(4,13-15)8-10-17(6-2)11-12-18-7-3/h16H,5-12H2,1-4H3. The Kier molecular flexibility index (Phi) is 9.95. The summed E-state index contributed by atoms with van der Waals surface area (Å²) in [5.74, 6) is 0. The van der Waals surface area contributed by atoms with Crippen LogP contribution in [-0.2, 0) is 4.74 Å². The van der Waals surface area contributed by atoms with Crippen molar-refractivity contribution < 1.29 is 4.74 Å². The zero-order valence-corrected chi connectivity index (χ0v) is 12.5. The third-order valence-corrected chi connectivity index (χ3v) is 3.14. The molecular formula is C14H29N3O. The Morgan fingerprint density at radius 3 is 2.50 bits per heavy atom. The number of ether oxygens (including phenoxy) is 1. The molecule has 4 nitrogen and oxygen atoms in total. The Morgan fingerprint density at radius 2 is 2.00 bits per heavy atom. The summed E-state index contributed by atoms with van der Waals surface area (Å²) in [6, 6.07) is 2.39. The van der Waals surface area contributed by atoms with Crippen molar-refractivity contribution in [2.24, 2.45) is 0 Å². The predicted octanol–water partition coefficient (Wildman–Crippen LogP) is 2.02. The molecule has 0 aliphatic carbocycles. The molecule has 0 heterocycles. The molecule has 0 aromatic rings. The summed E-state index contributed by atoms with van der Waals surface area (Å²) in [5.41, 5.74) is -0.408. The van der Waals surface area contributed by atoms with Crippen LogP contribution < -0.4 is 5.32 Å². The average molecular weight is 255 g/mol. The van der Waals surface area contributed by atoms with Crippen LogP contribution in [0.25, 0.3) is 0 Å². The minimum absolute atomic E-state index is 0.408. The van der Waals surface area contributed by atoms with Gasteiger partial charge in [0.25, 0.3) is 0 Å². The van der Waals surface area contributed by atoms with Gasteiger partial charge in [-0.1, -0.05) is 13.8 Å². The zero-order valence-electron chi connectivity index (χ0n) is 12.5. The van der Waals surface area contributed by atoms with Gasteiger partial charge in [-0.3, -0.25) is 5.32 Å². The van der Waals surface area contributed by atoms with Crippen LogP contribution in [0.4, 0.5) is 0 Å². The zero-order chi connectivity index (χ0) is 13.9. The molecule has 1 atom stereocenters. The van der Waals surface area contributed by atoms with Gasteiger partial charge < -0.3 is 9.64 Å².